The lowest BCUT2D eigenvalue weighted by atomic mass is 9.71. The number of likely N-dealkylation sites (tertiary alicyclic amines) is 2. The Bertz CT molecular complexity index is 509. The first-order chi connectivity index (χ1) is 11.3. The zero-order valence-corrected chi connectivity index (χ0v) is 14.0. The Labute approximate surface area is 139 Å². The summed E-state index contributed by atoms with van der Waals surface area (Å²) in [6.45, 7) is 6.05. The molecule has 126 valence electrons. The third-order valence-electron chi connectivity index (χ3n) is 6.63. The van der Waals surface area contributed by atoms with Gasteiger partial charge in [0.15, 0.2) is 0 Å². The van der Waals surface area contributed by atoms with Crippen molar-refractivity contribution in [3.63, 3.8) is 0 Å². The highest BCUT2D eigenvalue weighted by Gasteiger charge is 2.49. The second-order valence-electron chi connectivity index (χ2n) is 7.89. The summed E-state index contributed by atoms with van der Waals surface area (Å²) in [4.78, 5) is 9.48. The zero-order valence-electron chi connectivity index (χ0n) is 14.0. The highest BCUT2D eigenvalue weighted by molar-refractivity contribution is 5.09. The van der Waals surface area contributed by atoms with Crippen LogP contribution in [-0.2, 0) is 6.54 Å². The summed E-state index contributed by atoms with van der Waals surface area (Å²) in [6.07, 6.45) is 10.5. The molecule has 1 atom stereocenters. The van der Waals surface area contributed by atoms with Gasteiger partial charge < -0.3 is 5.11 Å². The highest BCUT2D eigenvalue weighted by Crippen LogP contribution is 2.46. The fraction of sp³-hybridized carbons (Fsp3) is 0.737. The van der Waals surface area contributed by atoms with E-state index in [0.717, 1.165) is 32.2 Å². The number of nitrogens with zero attached hydrogens (tertiary/aromatic N) is 3. The van der Waals surface area contributed by atoms with Crippen molar-refractivity contribution in [1.29, 1.82) is 0 Å². The summed E-state index contributed by atoms with van der Waals surface area (Å²) < 4.78 is 0. The van der Waals surface area contributed by atoms with Crippen molar-refractivity contribution >= 4 is 0 Å². The average molecular weight is 315 g/mol. The molecule has 4 nitrogen and oxygen atoms in total. The van der Waals surface area contributed by atoms with Crippen LogP contribution in [0.5, 0.6) is 0 Å². The summed E-state index contributed by atoms with van der Waals surface area (Å²) in [5.74, 6) is 0.489. The van der Waals surface area contributed by atoms with Gasteiger partial charge in [-0.25, -0.2) is 0 Å². The van der Waals surface area contributed by atoms with Gasteiger partial charge in [-0.3, -0.25) is 14.8 Å². The maximum absolute atomic E-state index is 9.93. The Morgan fingerprint density at radius 2 is 2.09 bits per heavy atom. The molecular formula is C19H29N3O. The van der Waals surface area contributed by atoms with Crippen molar-refractivity contribution in [3.8, 4) is 0 Å². The van der Waals surface area contributed by atoms with Crippen molar-refractivity contribution in [2.75, 3.05) is 32.8 Å². The lowest BCUT2D eigenvalue weighted by molar-refractivity contribution is 0.0454. The molecule has 0 bridgehead atoms. The monoisotopic (exact) mass is 315 g/mol. The fourth-order valence-electron chi connectivity index (χ4n) is 4.83. The van der Waals surface area contributed by atoms with Crippen LogP contribution in [0.4, 0.5) is 0 Å². The number of aromatic nitrogens is 1. The molecule has 1 unspecified atom stereocenters. The smallest absolute Gasteiger partial charge is 0.0477 e. The van der Waals surface area contributed by atoms with Gasteiger partial charge in [0, 0.05) is 50.6 Å². The minimum atomic E-state index is 0.367. The predicted octanol–water partition coefficient (Wildman–Crippen LogP) is 2.14. The molecule has 4 rings (SSSR count). The molecule has 2 aliphatic heterocycles. The van der Waals surface area contributed by atoms with E-state index < -0.39 is 0 Å². The Balaban J connectivity index is 1.37. The molecule has 3 aliphatic rings. The number of hydrogen-bond donors (Lipinski definition) is 1. The van der Waals surface area contributed by atoms with Crippen molar-refractivity contribution in [1.82, 2.24) is 14.8 Å². The number of piperidine rings is 1. The van der Waals surface area contributed by atoms with Crippen LogP contribution in [0.3, 0.4) is 0 Å². The predicted molar refractivity (Wildman–Crippen MR) is 91.0 cm³/mol. The van der Waals surface area contributed by atoms with Gasteiger partial charge in [0.1, 0.15) is 0 Å². The van der Waals surface area contributed by atoms with E-state index in [0.29, 0.717) is 17.9 Å². The number of hydrogen-bond acceptors (Lipinski definition) is 4. The maximum Gasteiger partial charge on any atom is 0.0477 e. The van der Waals surface area contributed by atoms with Gasteiger partial charge in [-0.2, -0.15) is 0 Å². The van der Waals surface area contributed by atoms with E-state index in [9.17, 15) is 5.11 Å². The molecule has 2 saturated heterocycles. The first-order valence-electron chi connectivity index (χ1n) is 9.25. The van der Waals surface area contributed by atoms with Gasteiger partial charge >= 0.3 is 0 Å². The molecule has 1 aliphatic carbocycles. The highest BCUT2D eigenvalue weighted by atomic mass is 16.3. The second-order valence-corrected chi connectivity index (χ2v) is 7.89. The molecule has 4 heteroatoms. The first kappa shape index (κ1) is 15.6. The lowest BCUT2D eigenvalue weighted by Gasteiger charge is -2.43. The molecule has 1 N–H and O–H groups in total. The van der Waals surface area contributed by atoms with Gasteiger partial charge in [-0.05, 0) is 55.8 Å². The fourth-order valence-corrected chi connectivity index (χ4v) is 4.83. The standard InChI is InChI=1S/C19H29N3O/c23-14-17-13-22(18-4-1-5-18)15-19(17)6-9-21(10-7-19)12-16-3-2-8-20-11-16/h2-3,8,11,17-18,23H,1,4-7,9-10,12-15H2. The third kappa shape index (κ3) is 3.04. The van der Waals surface area contributed by atoms with Crippen LogP contribution < -0.4 is 0 Å². The molecule has 1 spiro atoms. The molecule has 3 fully saturated rings. The number of aliphatic hydroxyl groups is 1. The van der Waals surface area contributed by atoms with E-state index in [1.54, 1.807) is 0 Å². The largest absolute Gasteiger partial charge is 0.396 e. The summed E-state index contributed by atoms with van der Waals surface area (Å²) in [7, 11) is 0. The molecule has 1 saturated carbocycles. The lowest BCUT2D eigenvalue weighted by Crippen LogP contribution is -2.45. The first-order valence-corrected chi connectivity index (χ1v) is 9.25. The van der Waals surface area contributed by atoms with E-state index in [2.05, 4.69) is 20.9 Å². The number of pyridine rings is 1. The van der Waals surface area contributed by atoms with Gasteiger partial charge in [0.25, 0.3) is 0 Å². The Morgan fingerprint density at radius 1 is 1.26 bits per heavy atom. The summed E-state index contributed by atoms with van der Waals surface area (Å²) in [5.41, 5.74) is 1.68. The van der Waals surface area contributed by atoms with Crippen LogP contribution in [0.1, 0.15) is 37.7 Å². The van der Waals surface area contributed by atoms with Crippen molar-refractivity contribution < 1.29 is 5.11 Å². The molecule has 1 aromatic rings. The molecule has 1 aromatic heterocycles. The third-order valence-corrected chi connectivity index (χ3v) is 6.63. The molecule has 0 radical (unpaired) electrons. The van der Waals surface area contributed by atoms with E-state index in [-0.39, 0.29) is 0 Å². The van der Waals surface area contributed by atoms with Gasteiger partial charge in [-0.15, -0.1) is 0 Å². The normalized spacial score (nSPS) is 29.0. The summed E-state index contributed by atoms with van der Waals surface area (Å²) >= 11 is 0. The van der Waals surface area contributed by atoms with E-state index in [4.69, 9.17) is 0 Å². The van der Waals surface area contributed by atoms with Crippen LogP contribution in [0.2, 0.25) is 0 Å². The van der Waals surface area contributed by atoms with E-state index in [1.807, 2.05) is 18.5 Å². The molecule has 0 amide bonds. The van der Waals surface area contributed by atoms with Crippen molar-refractivity contribution in [2.45, 2.75) is 44.7 Å². The molecular weight excluding hydrogens is 286 g/mol. The van der Waals surface area contributed by atoms with Gasteiger partial charge in [-0.1, -0.05) is 12.5 Å². The summed E-state index contributed by atoms with van der Waals surface area (Å²) in [5, 5.41) is 9.93. The molecule has 23 heavy (non-hydrogen) atoms. The second kappa shape index (κ2) is 6.50. The quantitative estimate of drug-likeness (QED) is 0.924. The Kier molecular flexibility index (Phi) is 4.39. The van der Waals surface area contributed by atoms with Crippen LogP contribution >= 0.6 is 0 Å². The van der Waals surface area contributed by atoms with Crippen molar-refractivity contribution in [3.05, 3.63) is 30.1 Å². The maximum atomic E-state index is 9.93. The van der Waals surface area contributed by atoms with Crippen molar-refractivity contribution in [2.24, 2.45) is 11.3 Å². The number of rotatable bonds is 4. The molecule has 3 heterocycles. The Morgan fingerprint density at radius 3 is 2.70 bits per heavy atom. The van der Waals surface area contributed by atoms with Crippen LogP contribution in [0, 0.1) is 11.3 Å². The zero-order chi connectivity index (χ0) is 15.7. The Hall–Kier alpha value is -0.970. The topological polar surface area (TPSA) is 39.6 Å². The summed E-state index contributed by atoms with van der Waals surface area (Å²) in [6, 6.07) is 5.01. The van der Waals surface area contributed by atoms with Gasteiger partial charge in [0.2, 0.25) is 0 Å². The average Bonchev–Trinajstić information content (AvgIpc) is 2.87. The van der Waals surface area contributed by atoms with Crippen LogP contribution in [0.15, 0.2) is 24.5 Å². The van der Waals surface area contributed by atoms with Gasteiger partial charge in [0.05, 0.1) is 0 Å². The SMILES string of the molecule is OCC1CN(C2CCC2)CC12CCN(Cc1cccnc1)CC2. The van der Waals surface area contributed by atoms with Crippen LogP contribution in [-0.4, -0.2) is 58.7 Å². The van der Waals surface area contributed by atoms with E-state index >= 15 is 0 Å². The number of aliphatic hydroxyl groups excluding tert-OH is 1. The van der Waals surface area contributed by atoms with Crippen LogP contribution in [0.25, 0.3) is 0 Å². The van der Waals surface area contributed by atoms with E-state index in [1.165, 1.54) is 44.2 Å². The minimum absolute atomic E-state index is 0.367. The minimum Gasteiger partial charge on any atom is -0.396 e. The molecule has 0 aromatic carbocycles.